The first-order chi connectivity index (χ1) is 7.20. The summed E-state index contributed by atoms with van der Waals surface area (Å²) in [7, 11) is 3.17. The number of nitrogens with zero attached hydrogens (tertiary/aromatic N) is 1. The van der Waals surface area contributed by atoms with Crippen LogP contribution in [0.4, 0.5) is 5.69 Å². The Morgan fingerprint density at radius 3 is 2.53 bits per heavy atom. The second kappa shape index (κ2) is 5.53. The van der Waals surface area contributed by atoms with E-state index in [9.17, 15) is 4.79 Å². The summed E-state index contributed by atoms with van der Waals surface area (Å²) in [5, 5.41) is 0. The van der Waals surface area contributed by atoms with Gasteiger partial charge in [0.2, 0.25) is 0 Å². The Labute approximate surface area is 88.4 Å². The van der Waals surface area contributed by atoms with Gasteiger partial charge in [0.25, 0.3) is 5.56 Å². The van der Waals surface area contributed by atoms with Gasteiger partial charge in [-0.2, -0.15) is 0 Å². The SMILES string of the molecule is COCC(COC)n1cccc(N)c1=O. The molecule has 0 saturated carbocycles. The van der Waals surface area contributed by atoms with Crippen LogP contribution in [0.25, 0.3) is 0 Å². The van der Waals surface area contributed by atoms with Gasteiger partial charge < -0.3 is 19.8 Å². The quantitative estimate of drug-likeness (QED) is 0.760. The van der Waals surface area contributed by atoms with E-state index < -0.39 is 0 Å². The molecule has 0 aliphatic rings. The molecule has 1 heterocycles. The highest BCUT2D eigenvalue weighted by Crippen LogP contribution is 2.05. The number of aromatic nitrogens is 1. The number of ether oxygens (including phenoxy) is 2. The van der Waals surface area contributed by atoms with Crippen molar-refractivity contribution in [3.63, 3.8) is 0 Å². The minimum atomic E-state index is -0.211. The van der Waals surface area contributed by atoms with Crippen molar-refractivity contribution in [3.05, 3.63) is 28.7 Å². The molecule has 15 heavy (non-hydrogen) atoms. The van der Waals surface area contributed by atoms with Gasteiger partial charge in [0.1, 0.15) is 0 Å². The second-order valence-electron chi connectivity index (χ2n) is 3.24. The Balaban J connectivity index is 2.99. The van der Waals surface area contributed by atoms with Gasteiger partial charge in [0.05, 0.1) is 24.9 Å². The number of nitrogens with two attached hydrogens (primary N) is 1. The Bertz CT molecular complexity index is 356. The molecule has 1 aromatic rings. The predicted octanol–water partition coefficient (Wildman–Crippen LogP) is 0.264. The predicted molar refractivity (Wildman–Crippen MR) is 57.9 cm³/mol. The maximum atomic E-state index is 11.7. The molecule has 0 aliphatic heterocycles. The van der Waals surface area contributed by atoms with E-state index in [1.807, 2.05) is 0 Å². The van der Waals surface area contributed by atoms with E-state index >= 15 is 0 Å². The summed E-state index contributed by atoms with van der Waals surface area (Å²) in [4.78, 5) is 11.7. The van der Waals surface area contributed by atoms with E-state index in [0.29, 0.717) is 13.2 Å². The highest BCUT2D eigenvalue weighted by molar-refractivity contribution is 5.33. The summed E-state index contributed by atoms with van der Waals surface area (Å²) in [6, 6.07) is 3.17. The second-order valence-corrected chi connectivity index (χ2v) is 3.24. The van der Waals surface area contributed by atoms with Crippen LogP contribution >= 0.6 is 0 Å². The zero-order valence-corrected chi connectivity index (χ0v) is 8.97. The van der Waals surface area contributed by atoms with Gasteiger partial charge >= 0.3 is 0 Å². The molecule has 0 atom stereocenters. The number of hydrogen-bond acceptors (Lipinski definition) is 4. The van der Waals surface area contributed by atoms with Gasteiger partial charge in [-0.25, -0.2) is 0 Å². The molecule has 0 saturated heterocycles. The van der Waals surface area contributed by atoms with Gasteiger partial charge in [0.15, 0.2) is 0 Å². The summed E-state index contributed by atoms with van der Waals surface area (Å²) < 4.78 is 11.6. The average molecular weight is 212 g/mol. The van der Waals surface area contributed by atoms with E-state index in [1.54, 1.807) is 32.5 Å². The van der Waals surface area contributed by atoms with E-state index in [1.165, 1.54) is 4.57 Å². The molecular weight excluding hydrogens is 196 g/mol. The molecule has 0 bridgehead atoms. The van der Waals surface area contributed by atoms with Crippen molar-refractivity contribution >= 4 is 5.69 Å². The number of nitrogen functional groups attached to an aromatic ring is 1. The Hall–Kier alpha value is -1.33. The lowest BCUT2D eigenvalue weighted by Crippen LogP contribution is -2.31. The van der Waals surface area contributed by atoms with Crippen molar-refractivity contribution < 1.29 is 9.47 Å². The number of methoxy groups -OCH3 is 2. The van der Waals surface area contributed by atoms with Crippen molar-refractivity contribution in [3.8, 4) is 0 Å². The summed E-state index contributed by atoms with van der Waals surface area (Å²) in [6.45, 7) is 0.828. The van der Waals surface area contributed by atoms with E-state index in [-0.39, 0.29) is 17.3 Å². The van der Waals surface area contributed by atoms with Crippen LogP contribution in [0.3, 0.4) is 0 Å². The highest BCUT2D eigenvalue weighted by Gasteiger charge is 2.12. The van der Waals surface area contributed by atoms with Crippen LogP contribution in [0.2, 0.25) is 0 Å². The third-order valence-corrected chi connectivity index (χ3v) is 2.12. The van der Waals surface area contributed by atoms with Gasteiger partial charge in [0, 0.05) is 20.4 Å². The van der Waals surface area contributed by atoms with E-state index in [2.05, 4.69) is 0 Å². The molecule has 5 heteroatoms. The topological polar surface area (TPSA) is 66.5 Å². The van der Waals surface area contributed by atoms with Gasteiger partial charge in [-0.15, -0.1) is 0 Å². The molecule has 0 spiro atoms. The van der Waals surface area contributed by atoms with Crippen LogP contribution in [-0.4, -0.2) is 32.0 Å². The number of rotatable bonds is 5. The first kappa shape index (κ1) is 11.7. The largest absolute Gasteiger partial charge is 0.394 e. The van der Waals surface area contributed by atoms with Gasteiger partial charge in [-0.05, 0) is 12.1 Å². The van der Waals surface area contributed by atoms with Crippen LogP contribution in [0.15, 0.2) is 23.1 Å². The zero-order chi connectivity index (χ0) is 11.3. The molecule has 0 radical (unpaired) electrons. The van der Waals surface area contributed by atoms with E-state index in [0.717, 1.165) is 0 Å². The normalized spacial score (nSPS) is 10.9. The summed E-state index contributed by atoms with van der Waals surface area (Å²) in [6.07, 6.45) is 1.68. The molecule has 0 amide bonds. The number of hydrogen-bond donors (Lipinski definition) is 1. The lowest BCUT2D eigenvalue weighted by Gasteiger charge is -2.18. The Morgan fingerprint density at radius 2 is 2.00 bits per heavy atom. The van der Waals surface area contributed by atoms with Crippen molar-refractivity contribution in [2.45, 2.75) is 6.04 Å². The van der Waals surface area contributed by atoms with Crippen molar-refractivity contribution in [1.82, 2.24) is 4.57 Å². The van der Waals surface area contributed by atoms with Gasteiger partial charge in [-0.3, -0.25) is 4.79 Å². The standard InChI is InChI=1S/C10H16N2O3/c1-14-6-8(7-15-2)12-5-3-4-9(11)10(12)13/h3-5,8H,6-7,11H2,1-2H3. The maximum Gasteiger partial charge on any atom is 0.274 e. The van der Waals surface area contributed by atoms with Crippen LogP contribution in [0.5, 0.6) is 0 Å². The van der Waals surface area contributed by atoms with Crippen molar-refractivity contribution in [2.24, 2.45) is 0 Å². The first-order valence-electron chi connectivity index (χ1n) is 4.65. The van der Waals surface area contributed by atoms with Crippen molar-refractivity contribution in [1.29, 1.82) is 0 Å². The lowest BCUT2D eigenvalue weighted by atomic mass is 10.3. The third kappa shape index (κ3) is 2.81. The molecule has 0 aromatic carbocycles. The number of pyridine rings is 1. The van der Waals surface area contributed by atoms with E-state index in [4.69, 9.17) is 15.2 Å². The molecule has 5 nitrogen and oxygen atoms in total. The first-order valence-corrected chi connectivity index (χ1v) is 4.65. The fourth-order valence-electron chi connectivity index (χ4n) is 1.41. The van der Waals surface area contributed by atoms with Crippen LogP contribution in [0.1, 0.15) is 6.04 Å². The average Bonchev–Trinajstić information content (AvgIpc) is 2.22. The molecule has 1 aromatic heterocycles. The smallest absolute Gasteiger partial charge is 0.274 e. The summed E-state index contributed by atoms with van der Waals surface area (Å²) in [5.41, 5.74) is 5.56. The molecule has 1 rings (SSSR count). The zero-order valence-electron chi connectivity index (χ0n) is 8.97. The fraction of sp³-hybridized carbons (Fsp3) is 0.500. The molecule has 0 unspecified atom stereocenters. The summed E-state index contributed by atoms with van der Waals surface area (Å²) in [5.74, 6) is 0. The lowest BCUT2D eigenvalue weighted by molar-refractivity contribution is 0.0880. The Kier molecular flexibility index (Phi) is 4.33. The number of anilines is 1. The third-order valence-electron chi connectivity index (χ3n) is 2.12. The van der Waals surface area contributed by atoms with Crippen LogP contribution < -0.4 is 11.3 Å². The maximum absolute atomic E-state index is 11.7. The minimum absolute atomic E-state index is 0.143. The minimum Gasteiger partial charge on any atom is -0.394 e. The molecule has 2 N–H and O–H groups in total. The van der Waals surface area contributed by atoms with Crippen LogP contribution in [0, 0.1) is 0 Å². The molecule has 0 fully saturated rings. The van der Waals surface area contributed by atoms with Gasteiger partial charge in [-0.1, -0.05) is 0 Å². The fourth-order valence-corrected chi connectivity index (χ4v) is 1.41. The highest BCUT2D eigenvalue weighted by atomic mass is 16.5. The monoisotopic (exact) mass is 212 g/mol. The summed E-state index contributed by atoms with van der Waals surface area (Å²) >= 11 is 0. The molecular formula is C10H16N2O3. The molecule has 0 aliphatic carbocycles. The van der Waals surface area contributed by atoms with Crippen LogP contribution in [-0.2, 0) is 9.47 Å². The molecule has 84 valence electrons. The van der Waals surface area contributed by atoms with Crippen molar-refractivity contribution in [2.75, 3.05) is 33.2 Å². The Morgan fingerprint density at radius 1 is 1.40 bits per heavy atom.